The van der Waals surface area contributed by atoms with Crippen molar-refractivity contribution in [2.45, 2.75) is 69.7 Å². The van der Waals surface area contributed by atoms with Crippen LogP contribution in [-0.4, -0.2) is 29.0 Å². The minimum absolute atomic E-state index is 0.105. The van der Waals surface area contributed by atoms with Crippen molar-refractivity contribution in [3.05, 3.63) is 42.0 Å². The fourth-order valence-corrected chi connectivity index (χ4v) is 4.53. The molecule has 2 N–H and O–H groups in total. The van der Waals surface area contributed by atoms with E-state index in [2.05, 4.69) is 0 Å². The number of hydrogen-bond acceptors (Lipinski definition) is 4. The van der Waals surface area contributed by atoms with Gasteiger partial charge in [-0.1, -0.05) is 56.2 Å². The first-order valence-corrected chi connectivity index (χ1v) is 11.4. The molecule has 5 nitrogen and oxygen atoms in total. The first-order valence-electron chi connectivity index (χ1n) is 9.77. The summed E-state index contributed by atoms with van der Waals surface area (Å²) >= 11 is 0. The molecule has 1 heterocycles. The second-order valence-corrected chi connectivity index (χ2v) is 9.27. The number of hydrogen-bond donors (Lipinski definition) is 2. The molecule has 2 rings (SSSR count). The third kappa shape index (κ3) is 6.94. The maximum absolute atomic E-state index is 12.3. The topological polar surface area (TPSA) is 79.5 Å². The number of aryl methyl sites for hydroxylation is 1. The van der Waals surface area contributed by atoms with Crippen LogP contribution in [0.3, 0.4) is 0 Å². The summed E-state index contributed by atoms with van der Waals surface area (Å²) in [5.41, 5.74) is 1.07. The number of unbranched alkanes of at least 4 members (excludes halogenated alkanes) is 7. The summed E-state index contributed by atoms with van der Waals surface area (Å²) in [7, 11) is -3.15. The van der Waals surface area contributed by atoms with E-state index in [1.807, 2.05) is 19.1 Å². The molecule has 1 aromatic carbocycles. The molecule has 0 saturated heterocycles. The molecule has 0 radical (unpaired) electrons. The Morgan fingerprint density at radius 3 is 1.78 bits per heavy atom. The van der Waals surface area contributed by atoms with E-state index in [1.54, 1.807) is 12.1 Å². The second kappa shape index (κ2) is 10.4. The molecule has 150 valence electrons. The predicted octanol–water partition coefficient (Wildman–Crippen LogP) is 4.80. The SMILES string of the molecule is Cc1ccc(S(=O)(=O)CCCCCCCCCCn2c(O)ccc2O)cc1. The Bertz CT molecular complexity index is 775. The summed E-state index contributed by atoms with van der Waals surface area (Å²) in [6, 6.07) is 10.1. The van der Waals surface area contributed by atoms with Crippen LogP contribution in [-0.2, 0) is 16.4 Å². The summed E-state index contributed by atoms with van der Waals surface area (Å²) < 4.78 is 26.0. The highest BCUT2D eigenvalue weighted by atomic mass is 32.2. The molecular formula is C21H31NO4S. The molecule has 0 aliphatic carbocycles. The van der Waals surface area contributed by atoms with Crippen molar-refractivity contribution in [1.29, 1.82) is 0 Å². The first kappa shape index (κ1) is 21.4. The van der Waals surface area contributed by atoms with Crippen LogP contribution >= 0.6 is 0 Å². The number of aromatic hydroxyl groups is 2. The number of benzene rings is 1. The molecule has 1 aromatic heterocycles. The van der Waals surface area contributed by atoms with Crippen LogP contribution in [0.5, 0.6) is 11.8 Å². The van der Waals surface area contributed by atoms with Gasteiger partial charge in [0.05, 0.1) is 10.6 Å². The van der Waals surface area contributed by atoms with Crippen molar-refractivity contribution in [1.82, 2.24) is 4.57 Å². The smallest absolute Gasteiger partial charge is 0.193 e. The van der Waals surface area contributed by atoms with Gasteiger partial charge >= 0.3 is 0 Å². The fourth-order valence-electron chi connectivity index (χ4n) is 3.16. The molecule has 0 atom stereocenters. The van der Waals surface area contributed by atoms with Gasteiger partial charge in [0.15, 0.2) is 21.6 Å². The van der Waals surface area contributed by atoms with Crippen molar-refractivity contribution in [3.8, 4) is 11.8 Å². The molecule has 0 bridgehead atoms. The van der Waals surface area contributed by atoms with Crippen molar-refractivity contribution in [3.63, 3.8) is 0 Å². The Labute approximate surface area is 162 Å². The molecular weight excluding hydrogens is 362 g/mol. The average Bonchev–Trinajstić information content (AvgIpc) is 2.95. The molecule has 0 amide bonds. The van der Waals surface area contributed by atoms with E-state index in [0.717, 1.165) is 50.5 Å². The Hall–Kier alpha value is -1.95. The van der Waals surface area contributed by atoms with Crippen LogP contribution in [0.4, 0.5) is 0 Å². The average molecular weight is 394 g/mol. The summed E-state index contributed by atoms with van der Waals surface area (Å²) in [5.74, 6) is 0.432. The molecule has 0 spiro atoms. The first-order chi connectivity index (χ1) is 12.9. The predicted molar refractivity (Wildman–Crippen MR) is 108 cm³/mol. The van der Waals surface area contributed by atoms with E-state index in [9.17, 15) is 18.6 Å². The third-order valence-corrected chi connectivity index (χ3v) is 6.68. The summed E-state index contributed by atoms with van der Waals surface area (Å²) in [4.78, 5) is 0.424. The van der Waals surface area contributed by atoms with Gasteiger partial charge in [-0.05, 0) is 31.9 Å². The molecule has 0 unspecified atom stereocenters. The Morgan fingerprint density at radius 2 is 1.22 bits per heavy atom. The summed E-state index contributed by atoms with van der Waals surface area (Å²) in [5, 5.41) is 19.1. The fraction of sp³-hybridized carbons (Fsp3) is 0.524. The molecule has 0 aliphatic heterocycles. The number of rotatable bonds is 12. The zero-order chi connectivity index (χ0) is 19.7. The van der Waals surface area contributed by atoms with E-state index in [0.29, 0.717) is 17.9 Å². The zero-order valence-electron chi connectivity index (χ0n) is 16.1. The van der Waals surface area contributed by atoms with E-state index >= 15 is 0 Å². The third-order valence-electron chi connectivity index (χ3n) is 4.86. The maximum atomic E-state index is 12.3. The van der Waals surface area contributed by atoms with Crippen LogP contribution in [0.1, 0.15) is 56.9 Å². The van der Waals surface area contributed by atoms with Crippen molar-refractivity contribution < 1.29 is 18.6 Å². The Balaban J connectivity index is 1.50. The lowest BCUT2D eigenvalue weighted by molar-refractivity contribution is 0.361. The highest BCUT2D eigenvalue weighted by Crippen LogP contribution is 2.22. The van der Waals surface area contributed by atoms with Crippen molar-refractivity contribution >= 4 is 9.84 Å². The minimum atomic E-state index is -3.15. The number of sulfone groups is 1. The molecule has 0 fully saturated rings. The van der Waals surface area contributed by atoms with Crippen molar-refractivity contribution in [2.75, 3.05) is 5.75 Å². The van der Waals surface area contributed by atoms with Gasteiger partial charge in [-0.25, -0.2) is 8.42 Å². The van der Waals surface area contributed by atoms with E-state index < -0.39 is 9.84 Å². The van der Waals surface area contributed by atoms with Crippen LogP contribution in [0.2, 0.25) is 0 Å². The molecule has 0 aliphatic rings. The van der Waals surface area contributed by atoms with Crippen LogP contribution in [0, 0.1) is 6.92 Å². The lowest BCUT2D eigenvalue weighted by Crippen LogP contribution is -2.06. The van der Waals surface area contributed by atoms with Gasteiger partial charge in [0.2, 0.25) is 0 Å². The molecule has 27 heavy (non-hydrogen) atoms. The van der Waals surface area contributed by atoms with Gasteiger partial charge < -0.3 is 10.2 Å². The summed E-state index contributed by atoms with van der Waals surface area (Å²) in [6.45, 7) is 2.58. The lowest BCUT2D eigenvalue weighted by atomic mass is 10.1. The monoisotopic (exact) mass is 393 g/mol. The van der Waals surface area contributed by atoms with E-state index in [4.69, 9.17) is 0 Å². The minimum Gasteiger partial charge on any atom is -0.494 e. The largest absolute Gasteiger partial charge is 0.494 e. The van der Waals surface area contributed by atoms with Crippen LogP contribution < -0.4 is 0 Å². The molecule has 0 saturated carbocycles. The van der Waals surface area contributed by atoms with Gasteiger partial charge in [-0.3, -0.25) is 4.57 Å². The Kier molecular flexibility index (Phi) is 8.23. The standard InChI is InChI=1S/C21H31NO4S/c1-18-10-12-19(13-11-18)27(25,26)17-9-7-5-3-2-4-6-8-16-22-20(23)14-15-21(22)24/h10-15,23-24H,2-9,16-17H2,1H3. The number of nitrogens with zero attached hydrogens (tertiary/aromatic N) is 1. The normalized spacial score (nSPS) is 11.7. The molecule has 6 heteroatoms. The van der Waals surface area contributed by atoms with Gasteiger partial charge in [0.25, 0.3) is 0 Å². The van der Waals surface area contributed by atoms with Crippen LogP contribution in [0.15, 0.2) is 41.3 Å². The zero-order valence-corrected chi connectivity index (χ0v) is 16.9. The highest BCUT2D eigenvalue weighted by molar-refractivity contribution is 7.91. The lowest BCUT2D eigenvalue weighted by Gasteiger charge is -2.07. The number of aromatic nitrogens is 1. The maximum Gasteiger partial charge on any atom is 0.193 e. The van der Waals surface area contributed by atoms with Gasteiger partial charge in [0, 0.05) is 18.7 Å². The highest BCUT2D eigenvalue weighted by Gasteiger charge is 2.13. The van der Waals surface area contributed by atoms with Crippen molar-refractivity contribution in [2.24, 2.45) is 0 Å². The Morgan fingerprint density at radius 1 is 0.741 bits per heavy atom. The quantitative estimate of drug-likeness (QED) is 0.508. The van der Waals surface area contributed by atoms with Gasteiger partial charge in [0.1, 0.15) is 0 Å². The van der Waals surface area contributed by atoms with Gasteiger partial charge in [-0.15, -0.1) is 0 Å². The van der Waals surface area contributed by atoms with Gasteiger partial charge in [-0.2, -0.15) is 0 Å². The molecule has 2 aromatic rings. The second-order valence-electron chi connectivity index (χ2n) is 7.16. The van der Waals surface area contributed by atoms with E-state index in [1.165, 1.54) is 16.7 Å². The van der Waals surface area contributed by atoms with Crippen LogP contribution in [0.25, 0.3) is 0 Å². The van der Waals surface area contributed by atoms with E-state index in [-0.39, 0.29) is 17.5 Å². The summed E-state index contributed by atoms with van der Waals surface area (Å²) in [6.07, 6.45) is 8.05.